The zero-order valence-corrected chi connectivity index (χ0v) is 15.9. The van der Waals surface area contributed by atoms with Crippen LogP contribution in [0.1, 0.15) is 28.8 Å². The standard InChI is InChI=1S/C20H22F3N3O3/c1-13-3-2-4-15(11-13)25-8-5-14(6-9-25)24-18(28)16-7-10-26(12-20(21,22)23)19(29)17(16)27/h2-4,7,10-11,14,27H,5-6,8-9,12H2,1H3,(H,24,28). The molecule has 156 valence electrons. The topological polar surface area (TPSA) is 74.6 Å². The van der Waals surface area contributed by atoms with Crippen LogP contribution in [0.25, 0.3) is 0 Å². The summed E-state index contributed by atoms with van der Waals surface area (Å²) in [5.41, 5.74) is 0.702. The zero-order valence-electron chi connectivity index (χ0n) is 15.9. The lowest BCUT2D eigenvalue weighted by molar-refractivity contribution is -0.141. The zero-order chi connectivity index (χ0) is 21.2. The Balaban J connectivity index is 1.63. The maximum Gasteiger partial charge on any atom is 0.406 e. The normalized spacial score (nSPS) is 15.4. The molecular weight excluding hydrogens is 387 g/mol. The number of aromatic hydroxyl groups is 1. The molecule has 3 rings (SSSR count). The van der Waals surface area contributed by atoms with Crippen molar-refractivity contribution >= 4 is 11.6 Å². The number of piperidine rings is 1. The summed E-state index contributed by atoms with van der Waals surface area (Å²) in [6.45, 7) is 1.95. The van der Waals surface area contributed by atoms with Crippen LogP contribution in [0.4, 0.5) is 18.9 Å². The highest BCUT2D eigenvalue weighted by Gasteiger charge is 2.30. The largest absolute Gasteiger partial charge is 0.502 e. The smallest absolute Gasteiger partial charge is 0.406 e. The van der Waals surface area contributed by atoms with E-state index in [0.29, 0.717) is 17.4 Å². The Hall–Kier alpha value is -2.97. The van der Waals surface area contributed by atoms with Gasteiger partial charge in [-0.3, -0.25) is 9.59 Å². The van der Waals surface area contributed by atoms with Gasteiger partial charge in [0.1, 0.15) is 6.54 Å². The molecule has 1 aromatic carbocycles. The molecule has 0 atom stereocenters. The van der Waals surface area contributed by atoms with E-state index in [-0.39, 0.29) is 11.6 Å². The summed E-state index contributed by atoms with van der Waals surface area (Å²) < 4.78 is 37.7. The first-order chi connectivity index (χ1) is 13.6. The number of nitrogens with zero attached hydrogens (tertiary/aromatic N) is 2. The second kappa shape index (κ2) is 8.18. The average molecular weight is 409 g/mol. The highest BCUT2D eigenvalue weighted by atomic mass is 19.4. The number of benzene rings is 1. The first-order valence-corrected chi connectivity index (χ1v) is 9.25. The van der Waals surface area contributed by atoms with Crippen molar-refractivity contribution < 1.29 is 23.1 Å². The number of anilines is 1. The van der Waals surface area contributed by atoms with Gasteiger partial charge in [0, 0.05) is 31.0 Å². The van der Waals surface area contributed by atoms with Gasteiger partial charge in [-0.05, 0) is 43.5 Å². The fourth-order valence-corrected chi connectivity index (χ4v) is 3.43. The molecule has 2 N–H and O–H groups in total. The van der Waals surface area contributed by atoms with Gasteiger partial charge in [-0.1, -0.05) is 12.1 Å². The second-order valence-corrected chi connectivity index (χ2v) is 7.20. The van der Waals surface area contributed by atoms with E-state index in [1.807, 2.05) is 25.1 Å². The van der Waals surface area contributed by atoms with Crippen LogP contribution in [0.15, 0.2) is 41.3 Å². The lowest BCUT2D eigenvalue weighted by atomic mass is 10.0. The van der Waals surface area contributed by atoms with Crippen LogP contribution >= 0.6 is 0 Å². The molecule has 0 saturated carbocycles. The van der Waals surface area contributed by atoms with Crippen LogP contribution in [0.5, 0.6) is 5.75 Å². The van der Waals surface area contributed by atoms with E-state index in [9.17, 15) is 27.9 Å². The number of alkyl halides is 3. The van der Waals surface area contributed by atoms with Crippen LogP contribution in [-0.4, -0.2) is 40.9 Å². The third-order valence-electron chi connectivity index (χ3n) is 4.93. The maximum absolute atomic E-state index is 12.5. The molecule has 0 bridgehead atoms. The van der Waals surface area contributed by atoms with Crippen molar-refractivity contribution in [2.24, 2.45) is 0 Å². The fraction of sp³-hybridized carbons (Fsp3) is 0.400. The summed E-state index contributed by atoms with van der Waals surface area (Å²) in [6.07, 6.45) is -2.40. The van der Waals surface area contributed by atoms with Crippen molar-refractivity contribution in [3.8, 4) is 5.75 Å². The number of hydrogen-bond acceptors (Lipinski definition) is 4. The van der Waals surface area contributed by atoms with Crippen LogP contribution < -0.4 is 15.8 Å². The van der Waals surface area contributed by atoms with E-state index < -0.39 is 29.9 Å². The van der Waals surface area contributed by atoms with Gasteiger partial charge in [0.2, 0.25) is 0 Å². The number of halogens is 3. The van der Waals surface area contributed by atoms with Crippen LogP contribution in [-0.2, 0) is 6.54 Å². The van der Waals surface area contributed by atoms with Gasteiger partial charge in [-0.25, -0.2) is 0 Å². The Morgan fingerprint density at radius 1 is 1.24 bits per heavy atom. The predicted molar refractivity (Wildman–Crippen MR) is 102 cm³/mol. The van der Waals surface area contributed by atoms with Crippen LogP contribution in [0, 0.1) is 6.92 Å². The molecule has 1 saturated heterocycles. The van der Waals surface area contributed by atoms with E-state index in [0.717, 1.165) is 36.6 Å². The molecule has 0 radical (unpaired) electrons. The molecule has 1 aliphatic heterocycles. The van der Waals surface area contributed by atoms with Gasteiger partial charge >= 0.3 is 6.18 Å². The van der Waals surface area contributed by atoms with Crippen LogP contribution in [0.2, 0.25) is 0 Å². The number of amides is 1. The van der Waals surface area contributed by atoms with Gasteiger partial charge in [0.25, 0.3) is 11.5 Å². The van der Waals surface area contributed by atoms with Crippen molar-refractivity contribution in [2.45, 2.75) is 38.5 Å². The van der Waals surface area contributed by atoms with E-state index in [1.165, 1.54) is 0 Å². The Morgan fingerprint density at radius 3 is 2.55 bits per heavy atom. The molecule has 9 heteroatoms. The minimum atomic E-state index is -4.61. The average Bonchev–Trinajstić information content (AvgIpc) is 2.65. The predicted octanol–water partition coefficient (Wildman–Crippen LogP) is 2.82. The number of nitrogens with one attached hydrogen (secondary N) is 1. The van der Waals surface area contributed by atoms with Crippen molar-refractivity contribution in [1.29, 1.82) is 0 Å². The Labute approximate surface area is 165 Å². The SMILES string of the molecule is Cc1cccc(N2CCC(NC(=O)c3ccn(CC(F)(F)F)c(=O)c3O)CC2)c1. The number of aryl methyl sites for hydroxylation is 1. The molecule has 2 heterocycles. The van der Waals surface area contributed by atoms with Crippen molar-refractivity contribution in [3.63, 3.8) is 0 Å². The quantitative estimate of drug-likeness (QED) is 0.815. The van der Waals surface area contributed by atoms with Gasteiger partial charge in [-0.15, -0.1) is 0 Å². The summed E-state index contributed by atoms with van der Waals surface area (Å²) in [5.74, 6) is -1.65. The summed E-state index contributed by atoms with van der Waals surface area (Å²) in [5, 5.41) is 12.7. The number of carbonyl (C=O) groups is 1. The van der Waals surface area contributed by atoms with Gasteiger partial charge < -0.3 is 19.9 Å². The molecule has 1 aliphatic rings. The van der Waals surface area contributed by atoms with E-state index in [1.54, 1.807) is 0 Å². The molecule has 1 fully saturated rings. The molecule has 29 heavy (non-hydrogen) atoms. The van der Waals surface area contributed by atoms with Gasteiger partial charge in [-0.2, -0.15) is 13.2 Å². The number of aromatic nitrogens is 1. The third-order valence-corrected chi connectivity index (χ3v) is 4.93. The molecule has 1 aromatic heterocycles. The Bertz CT molecular complexity index is 948. The van der Waals surface area contributed by atoms with Crippen molar-refractivity contribution in [3.05, 3.63) is 58.0 Å². The van der Waals surface area contributed by atoms with E-state index in [2.05, 4.69) is 16.3 Å². The fourth-order valence-electron chi connectivity index (χ4n) is 3.43. The lowest BCUT2D eigenvalue weighted by Crippen LogP contribution is -2.45. The van der Waals surface area contributed by atoms with E-state index >= 15 is 0 Å². The summed E-state index contributed by atoms with van der Waals surface area (Å²) in [4.78, 5) is 26.6. The monoisotopic (exact) mass is 409 g/mol. The number of pyridine rings is 1. The van der Waals surface area contributed by atoms with Gasteiger partial charge in [0.05, 0.1) is 5.56 Å². The highest BCUT2D eigenvalue weighted by molar-refractivity contribution is 5.96. The molecule has 0 unspecified atom stereocenters. The first kappa shape index (κ1) is 20.8. The molecule has 2 aromatic rings. The minimum Gasteiger partial charge on any atom is -0.502 e. The molecule has 1 amide bonds. The Kier molecular flexibility index (Phi) is 5.86. The van der Waals surface area contributed by atoms with Crippen molar-refractivity contribution in [2.75, 3.05) is 18.0 Å². The molecule has 0 aliphatic carbocycles. The maximum atomic E-state index is 12.5. The summed E-state index contributed by atoms with van der Waals surface area (Å²) in [6, 6.07) is 9.00. The summed E-state index contributed by atoms with van der Waals surface area (Å²) in [7, 11) is 0. The molecular formula is C20H22F3N3O3. The van der Waals surface area contributed by atoms with Crippen molar-refractivity contribution in [1.82, 2.24) is 9.88 Å². The molecule has 6 nitrogen and oxygen atoms in total. The summed E-state index contributed by atoms with van der Waals surface area (Å²) >= 11 is 0. The number of hydrogen-bond donors (Lipinski definition) is 2. The number of rotatable bonds is 4. The highest BCUT2D eigenvalue weighted by Crippen LogP contribution is 2.22. The minimum absolute atomic E-state index is 0.152. The lowest BCUT2D eigenvalue weighted by Gasteiger charge is -2.34. The third kappa shape index (κ3) is 5.10. The van der Waals surface area contributed by atoms with Gasteiger partial charge in [0.15, 0.2) is 5.75 Å². The molecule has 0 spiro atoms. The van der Waals surface area contributed by atoms with E-state index in [4.69, 9.17) is 0 Å². The second-order valence-electron chi connectivity index (χ2n) is 7.20. The Morgan fingerprint density at radius 2 is 1.93 bits per heavy atom. The first-order valence-electron chi connectivity index (χ1n) is 9.25. The van der Waals surface area contributed by atoms with Crippen LogP contribution in [0.3, 0.4) is 0 Å². The number of carbonyl (C=O) groups excluding carboxylic acids is 1.